The van der Waals surface area contributed by atoms with Crippen molar-refractivity contribution in [2.75, 3.05) is 5.75 Å². The average Bonchev–Trinajstić information content (AvgIpc) is 2.16. The van der Waals surface area contributed by atoms with Crippen LogP contribution in [0.25, 0.3) is 0 Å². The molecule has 0 aromatic rings. The lowest BCUT2D eigenvalue weighted by molar-refractivity contribution is -0.107. The van der Waals surface area contributed by atoms with E-state index in [1.165, 1.54) is 0 Å². The van der Waals surface area contributed by atoms with E-state index < -0.39 is 0 Å². The van der Waals surface area contributed by atoms with Crippen LogP contribution in [0, 0.1) is 0 Å². The third-order valence-corrected chi connectivity index (χ3v) is 2.33. The Hall–Kier alpha value is -0.830. The molecule has 0 aliphatic heterocycles. The minimum atomic E-state index is 0.577. The fraction of sp³-hybridized carbons (Fsp3) is 0.333. The van der Waals surface area contributed by atoms with Gasteiger partial charge in [-0.3, -0.25) is 9.59 Å². The Bertz CT molecular complexity index is 264. The van der Waals surface area contributed by atoms with Crippen molar-refractivity contribution in [1.29, 1.82) is 0 Å². The van der Waals surface area contributed by atoms with Crippen LogP contribution in [0.4, 0.5) is 0 Å². The van der Waals surface area contributed by atoms with E-state index in [0.717, 1.165) is 18.1 Å². The molecule has 0 aromatic heterocycles. The number of rotatable bonds is 3. The highest BCUT2D eigenvalue weighted by Crippen LogP contribution is 2.22. The maximum Gasteiger partial charge on any atom is 0.146 e. The highest BCUT2D eigenvalue weighted by atomic mass is 32.1. The van der Waals surface area contributed by atoms with Crippen molar-refractivity contribution in [1.82, 2.24) is 0 Å². The van der Waals surface area contributed by atoms with Crippen molar-refractivity contribution in [3.63, 3.8) is 0 Å². The van der Waals surface area contributed by atoms with E-state index in [-0.39, 0.29) is 0 Å². The van der Waals surface area contributed by atoms with Crippen molar-refractivity contribution >= 4 is 25.2 Å². The van der Waals surface area contributed by atoms with Gasteiger partial charge in [0.2, 0.25) is 0 Å². The van der Waals surface area contributed by atoms with Crippen LogP contribution in [0.2, 0.25) is 0 Å². The monoisotopic (exact) mass is 182 g/mol. The molecule has 0 saturated carbocycles. The molecule has 3 heteroatoms. The molecule has 0 radical (unpaired) electrons. The van der Waals surface area contributed by atoms with Crippen LogP contribution in [0.15, 0.2) is 22.8 Å². The topological polar surface area (TPSA) is 34.1 Å². The molecule has 2 nitrogen and oxygen atoms in total. The van der Waals surface area contributed by atoms with Gasteiger partial charge in [-0.2, -0.15) is 12.6 Å². The molecule has 1 aliphatic rings. The molecule has 0 amide bonds. The lowest BCUT2D eigenvalue weighted by Gasteiger charge is -2.12. The molecular weight excluding hydrogens is 172 g/mol. The molecule has 0 spiro atoms. The Labute approximate surface area is 76.8 Å². The molecule has 1 rings (SSSR count). The summed E-state index contributed by atoms with van der Waals surface area (Å²) in [6.45, 7) is 0. The predicted octanol–water partition coefficient (Wildman–Crippen LogP) is 1.33. The van der Waals surface area contributed by atoms with Crippen LogP contribution < -0.4 is 0 Å². The molecule has 0 aromatic carbocycles. The summed E-state index contributed by atoms with van der Waals surface area (Å²) in [4.78, 5) is 21.0. The number of hydrogen-bond acceptors (Lipinski definition) is 3. The maximum atomic E-state index is 10.5. The Kier molecular flexibility index (Phi) is 3.29. The van der Waals surface area contributed by atoms with Crippen LogP contribution in [0.1, 0.15) is 12.8 Å². The summed E-state index contributed by atoms with van der Waals surface area (Å²) in [5.74, 6) is 0.656. The van der Waals surface area contributed by atoms with Crippen LogP contribution in [-0.4, -0.2) is 18.3 Å². The first-order valence-electron chi connectivity index (χ1n) is 3.73. The Morgan fingerprint density at radius 2 is 2.00 bits per heavy atom. The zero-order chi connectivity index (χ0) is 8.97. The van der Waals surface area contributed by atoms with Gasteiger partial charge < -0.3 is 0 Å². The largest absolute Gasteiger partial charge is 0.298 e. The summed E-state index contributed by atoms with van der Waals surface area (Å²) < 4.78 is 0. The SMILES string of the molecule is O=CC1=C(C=O)CC(CS)=CC1. The lowest BCUT2D eigenvalue weighted by Crippen LogP contribution is -2.03. The van der Waals surface area contributed by atoms with Gasteiger partial charge in [-0.1, -0.05) is 11.6 Å². The molecule has 12 heavy (non-hydrogen) atoms. The Balaban J connectivity index is 2.82. The quantitative estimate of drug-likeness (QED) is 0.406. The smallest absolute Gasteiger partial charge is 0.146 e. The molecule has 64 valence electrons. The van der Waals surface area contributed by atoms with Gasteiger partial charge in [-0.05, 0) is 12.8 Å². The van der Waals surface area contributed by atoms with Crippen molar-refractivity contribution in [3.05, 3.63) is 22.8 Å². The highest BCUT2D eigenvalue weighted by Gasteiger charge is 2.11. The number of carbonyl (C=O) groups is 2. The third-order valence-electron chi connectivity index (χ3n) is 1.93. The van der Waals surface area contributed by atoms with E-state index >= 15 is 0 Å². The number of thiol groups is 1. The maximum absolute atomic E-state index is 10.5. The van der Waals surface area contributed by atoms with Crippen molar-refractivity contribution < 1.29 is 9.59 Å². The van der Waals surface area contributed by atoms with Gasteiger partial charge in [-0.15, -0.1) is 0 Å². The first-order chi connectivity index (χ1) is 5.81. The summed E-state index contributed by atoms with van der Waals surface area (Å²) >= 11 is 4.11. The zero-order valence-electron chi connectivity index (χ0n) is 6.62. The second kappa shape index (κ2) is 4.26. The molecule has 0 bridgehead atoms. The summed E-state index contributed by atoms with van der Waals surface area (Å²) in [5.41, 5.74) is 2.33. The summed E-state index contributed by atoms with van der Waals surface area (Å²) in [5, 5.41) is 0. The molecule has 0 atom stereocenters. The van der Waals surface area contributed by atoms with Crippen LogP contribution >= 0.6 is 12.6 Å². The molecule has 0 heterocycles. The zero-order valence-corrected chi connectivity index (χ0v) is 7.51. The molecule has 0 fully saturated rings. The van der Waals surface area contributed by atoms with E-state index in [1.54, 1.807) is 0 Å². The van der Waals surface area contributed by atoms with Crippen molar-refractivity contribution in [2.24, 2.45) is 0 Å². The number of carbonyl (C=O) groups excluding carboxylic acids is 2. The average molecular weight is 182 g/mol. The first-order valence-corrected chi connectivity index (χ1v) is 4.36. The number of aldehydes is 2. The number of hydrogen-bond donors (Lipinski definition) is 1. The fourth-order valence-corrected chi connectivity index (χ4v) is 1.42. The Morgan fingerprint density at radius 1 is 1.33 bits per heavy atom. The van der Waals surface area contributed by atoms with Gasteiger partial charge in [0.1, 0.15) is 12.6 Å². The molecule has 1 aliphatic carbocycles. The van der Waals surface area contributed by atoms with Crippen LogP contribution in [-0.2, 0) is 9.59 Å². The van der Waals surface area contributed by atoms with Crippen molar-refractivity contribution in [3.8, 4) is 0 Å². The van der Waals surface area contributed by atoms with Gasteiger partial charge in [0.25, 0.3) is 0 Å². The van der Waals surface area contributed by atoms with Gasteiger partial charge in [0.15, 0.2) is 0 Å². The third kappa shape index (κ3) is 1.85. The van der Waals surface area contributed by atoms with Gasteiger partial charge in [0, 0.05) is 16.9 Å². The minimum absolute atomic E-state index is 0.577. The minimum Gasteiger partial charge on any atom is -0.298 e. The predicted molar refractivity (Wildman–Crippen MR) is 50.3 cm³/mol. The van der Waals surface area contributed by atoms with E-state index in [9.17, 15) is 9.59 Å². The van der Waals surface area contributed by atoms with Crippen LogP contribution in [0.3, 0.4) is 0 Å². The van der Waals surface area contributed by atoms with Crippen LogP contribution in [0.5, 0.6) is 0 Å². The second-order valence-corrected chi connectivity index (χ2v) is 3.00. The summed E-state index contributed by atoms with van der Waals surface area (Å²) in [6.07, 6.45) is 4.65. The normalized spacial score (nSPS) is 17.2. The molecule has 0 unspecified atom stereocenters. The molecule has 0 N–H and O–H groups in total. The number of allylic oxidation sites excluding steroid dienone is 3. The standard InChI is InChI=1S/C9H10O2S/c10-4-8-2-1-7(6-12)3-9(8)5-11/h1,4-5,12H,2-3,6H2. The van der Waals surface area contributed by atoms with E-state index in [1.807, 2.05) is 6.08 Å². The summed E-state index contributed by atoms with van der Waals surface area (Å²) in [6, 6.07) is 0. The highest BCUT2D eigenvalue weighted by molar-refractivity contribution is 7.80. The van der Waals surface area contributed by atoms with Gasteiger partial charge in [0.05, 0.1) is 0 Å². The van der Waals surface area contributed by atoms with E-state index in [4.69, 9.17) is 0 Å². The fourth-order valence-electron chi connectivity index (χ4n) is 1.18. The van der Waals surface area contributed by atoms with E-state index in [2.05, 4.69) is 12.6 Å². The lowest BCUT2D eigenvalue weighted by atomic mass is 9.94. The Morgan fingerprint density at radius 3 is 2.50 bits per heavy atom. The van der Waals surface area contributed by atoms with Gasteiger partial charge in [-0.25, -0.2) is 0 Å². The second-order valence-electron chi connectivity index (χ2n) is 2.69. The van der Waals surface area contributed by atoms with Crippen molar-refractivity contribution in [2.45, 2.75) is 12.8 Å². The summed E-state index contributed by atoms with van der Waals surface area (Å²) in [7, 11) is 0. The van der Waals surface area contributed by atoms with Gasteiger partial charge >= 0.3 is 0 Å². The molecular formula is C9H10O2S. The molecule has 0 saturated heterocycles. The van der Waals surface area contributed by atoms with E-state index in [0.29, 0.717) is 29.7 Å². The first kappa shape index (κ1) is 9.26.